The third-order valence-electron chi connectivity index (χ3n) is 3.21. The lowest BCUT2D eigenvalue weighted by Gasteiger charge is -2.37. The standard InChI is InChI=1S/C14H21ClN2O/c1-10-8-17(9-11(2)18-10)14-4-3-12(5-6-16)7-13(14)15/h3-4,7,10-11H,5-6,8-9,16H2,1-2H3. The minimum absolute atomic E-state index is 0.244. The summed E-state index contributed by atoms with van der Waals surface area (Å²) in [6.07, 6.45) is 1.36. The highest BCUT2D eigenvalue weighted by Crippen LogP contribution is 2.29. The Hall–Kier alpha value is -0.770. The number of benzene rings is 1. The minimum atomic E-state index is 0.244. The molecule has 2 N–H and O–H groups in total. The van der Waals surface area contributed by atoms with E-state index in [-0.39, 0.29) is 12.2 Å². The summed E-state index contributed by atoms with van der Waals surface area (Å²) in [6, 6.07) is 6.23. The van der Waals surface area contributed by atoms with E-state index in [2.05, 4.69) is 30.9 Å². The van der Waals surface area contributed by atoms with Crippen LogP contribution in [0.1, 0.15) is 19.4 Å². The molecule has 0 amide bonds. The molecule has 1 aliphatic rings. The Morgan fingerprint density at radius 1 is 1.33 bits per heavy atom. The van der Waals surface area contributed by atoms with Gasteiger partial charge in [-0.25, -0.2) is 0 Å². The molecular formula is C14H21ClN2O. The van der Waals surface area contributed by atoms with Crippen molar-refractivity contribution < 1.29 is 4.74 Å². The van der Waals surface area contributed by atoms with Crippen LogP contribution in [0.4, 0.5) is 5.69 Å². The van der Waals surface area contributed by atoms with Gasteiger partial charge in [-0.3, -0.25) is 0 Å². The SMILES string of the molecule is CC1CN(c2ccc(CCN)cc2Cl)CC(C)O1. The van der Waals surface area contributed by atoms with Gasteiger partial charge in [0.2, 0.25) is 0 Å². The Morgan fingerprint density at radius 3 is 2.56 bits per heavy atom. The third-order valence-corrected chi connectivity index (χ3v) is 3.51. The van der Waals surface area contributed by atoms with Crippen molar-refractivity contribution in [1.82, 2.24) is 0 Å². The fourth-order valence-corrected chi connectivity index (χ4v) is 2.83. The Balaban J connectivity index is 2.17. The van der Waals surface area contributed by atoms with E-state index in [0.717, 1.165) is 30.2 Å². The van der Waals surface area contributed by atoms with Crippen LogP contribution in [0.15, 0.2) is 18.2 Å². The van der Waals surface area contributed by atoms with Gasteiger partial charge < -0.3 is 15.4 Å². The molecule has 3 nitrogen and oxygen atoms in total. The minimum Gasteiger partial charge on any atom is -0.372 e. The van der Waals surface area contributed by atoms with Crippen molar-refractivity contribution in [3.63, 3.8) is 0 Å². The van der Waals surface area contributed by atoms with Gasteiger partial charge in [0.05, 0.1) is 22.9 Å². The van der Waals surface area contributed by atoms with Crippen molar-refractivity contribution in [2.75, 3.05) is 24.5 Å². The highest BCUT2D eigenvalue weighted by molar-refractivity contribution is 6.33. The van der Waals surface area contributed by atoms with Gasteiger partial charge in [-0.2, -0.15) is 0 Å². The summed E-state index contributed by atoms with van der Waals surface area (Å²) in [5.41, 5.74) is 7.85. The third kappa shape index (κ3) is 3.16. The number of hydrogen-bond acceptors (Lipinski definition) is 3. The van der Waals surface area contributed by atoms with Crippen molar-refractivity contribution in [3.05, 3.63) is 28.8 Å². The summed E-state index contributed by atoms with van der Waals surface area (Å²) >= 11 is 6.37. The Kier molecular flexibility index (Phi) is 4.49. The molecule has 1 aromatic carbocycles. The molecule has 0 spiro atoms. The van der Waals surface area contributed by atoms with Gasteiger partial charge in [0, 0.05) is 13.1 Å². The van der Waals surface area contributed by atoms with Crippen LogP contribution in [-0.4, -0.2) is 31.8 Å². The lowest BCUT2D eigenvalue weighted by molar-refractivity contribution is -0.00520. The summed E-state index contributed by atoms with van der Waals surface area (Å²) in [5.74, 6) is 0. The molecule has 1 fully saturated rings. The van der Waals surface area contributed by atoms with Crippen LogP contribution in [0.2, 0.25) is 5.02 Å². The van der Waals surface area contributed by atoms with Crippen LogP contribution >= 0.6 is 11.6 Å². The summed E-state index contributed by atoms with van der Waals surface area (Å²) < 4.78 is 5.74. The first-order chi connectivity index (χ1) is 8.60. The number of anilines is 1. The van der Waals surface area contributed by atoms with Gasteiger partial charge in [0.25, 0.3) is 0 Å². The number of halogens is 1. The smallest absolute Gasteiger partial charge is 0.0726 e. The number of nitrogens with two attached hydrogens (primary N) is 1. The van der Waals surface area contributed by atoms with Gasteiger partial charge in [-0.05, 0) is 44.5 Å². The van der Waals surface area contributed by atoms with Gasteiger partial charge >= 0.3 is 0 Å². The Morgan fingerprint density at radius 2 is 2.00 bits per heavy atom. The molecule has 18 heavy (non-hydrogen) atoms. The molecule has 1 heterocycles. The van der Waals surface area contributed by atoms with E-state index in [1.807, 2.05) is 6.07 Å². The second-order valence-corrected chi connectivity index (χ2v) is 5.39. The quantitative estimate of drug-likeness (QED) is 0.915. The zero-order valence-electron chi connectivity index (χ0n) is 11.0. The molecule has 100 valence electrons. The molecule has 1 saturated heterocycles. The lowest BCUT2D eigenvalue weighted by Crippen LogP contribution is -2.45. The molecule has 2 rings (SSSR count). The Labute approximate surface area is 114 Å². The van der Waals surface area contributed by atoms with Crippen LogP contribution in [0.25, 0.3) is 0 Å². The Bertz CT molecular complexity index is 401. The first kappa shape index (κ1) is 13.7. The maximum atomic E-state index is 6.37. The molecule has 0 saturated carbocycles. The van der Waals surface area contributed by atoms with Crippen molar-refractivity contribution in [2.45, 2.75) is 32.5 Å². The highest BCUT2D eigenvalue weighted by Gasteiger charge is 2.23. The molecule has 1 aromatic rings. The fourth-order valence-electron chi connectivity index (χ4n) is 2.50. The average Bonchev–Trinajstić information content (AvgIpc) is 2.28. The monoisotopic (exact) mass is 268 g/mol. The average molecular weight is 269 g/mol. The molecule has 2 atom stereocenters. The topological polar surface area (TPSA) is 38.5 Å². The van der Waals surface area contributed by atoms with Crippen LogP contribution < -0.4 is 10.6 Å². The lowest BCUT2D eigenvalue weighted by atomic mass is 10.1. The predicted molar refractivity (Wildman–Crippen MR) is 76.4 cm³/mol. The highest BCUT2D eigenvalue weighted by atomic mass is 35.5. The largest absolute Gasteiger partial charge is 0.372 e. The van der Waals surface area contributed by atoms with Crippen molar-refractivity contribution in [1.29, 1.82) is 0 Å². The maximum Gasteiger partial charge on any atom is 0.0726 e. The van der Waals surface area contributed by atoms with E-state index in [4.69, 9.17) is 22.1 Å². The zero-order valence-corrected chi connectivity index (χ0v) is 11.8. The molecular weight excluding hydrogens is 248 g/mol. The molecule has 0 aliphatic carbocycles. The molecule has 0 radical (unpaired) electrons. The van der Waals surface area contributed by atoms with Gasteiger partial charge in [-0.1, -0.05) is 17.7 Å². The number of hydrogen-bond donors (Lipinski definition) is 1. The first-order valence-electron chi connectivity index (χ1n) is 6.49. The first-order valence-corrected chi connectivity index (χ1v) is 6.87. The fraction of sp³-hybridized carbons (Fsp3) is 0.571. The molecule has 4 heteroatoms. The van der Waals surface area contributed by atoms with E-state index in [9.17, 15) is 0 Å². The van der Waals surface area contributed by atoms with Crippen LogP contribution in [-0.2, 0) is 11.2 Å². The number of ether oxygens (including phenoxy) is 1. The van der Waals surface area contributed by atoms with Gasteiger partial charge in [0.15, 0.2) is 0 Å². The van der Waals surface area contributed by atoms with E-state index in [1.165, 1.54) is 5.56 Å². The number of rotatable bonds is 3. The van der Waals surface area contributed by atoms with Crippen molar-refractivity contribution >= 4 is 17.3 Å². The van der Waals surface area contributed by atoms with Crippen LogP contribution in [0, 0.1) is 0 Å². The van der Waals surface area contributed by atoms with E-state index >= 15 is 0 Å². The van der Waals surface area contributed by atoms with E-state index < -0.39 is 0 Å². The molecule has 2 unspecified atom stereocenters. The summed E-state index contributed by atoms with van der Waals surface area (Å²) in [4.78, 5) is 2.30. The maximum absolute atomic E-state index is 6.37. The van der Waals surface area contributed by atoms with Crippen LogP contribution in [0.5, 0.6) is 0 Å². The van der Waals surface area contributed by atoms with Gasteiger partial charge in [-0.15, -0.1) is 0 Å². The summed E-state index contributed by atoms with van der Waals surface area (Å²) in [5, 5.41) is 0.808. The normalized spacial score (nSPS) is 24.3. The summed E-state index contributed by atoms with van der Waals surface area (Å²) in [7, 11) is 0. The van der Waals surface area contributed by atoms with Crippen LogP contribution in [0.3, 0.4) is 0 Å². The van der Waals surface area contributed by atoms with Gasteiger partial charge in [0.1, 0.15) is 0 Å². The van der Waals surface area contributed by atoms with Crippen molar-refractivity contribution in [2.24, 2.45) is 5.73 Å². The molecule has 0 aromatic heterocycles. The number of nitrogens with zero attached hydrogens (tertiary/aromatic N) is 1. The predicted octanol–water partition coefficient (Wildman–Crippen LogP) is 2.45. The number of morpholine rings is 1. The second kappa shape index (κ2) is 5.91. The zero-order chi connectivity index (χ0) is 13.1. The van der Waals surface area contributed by atoms with E-state index in [1.54, 1.807) is 0 Å². The summed E-state index contributed by atoms with van der Waals surface area (Å²) in [6.45, 7) is 6.63. The van der Waals surface area contributed by atoms with E-state index in [0.29, 0.717) is 6.54 Å². The second-order valence-electron chi connectivity index (χ2n) is 4.99. The molecule has 0 bridgehead atoms. The molecule has 1 aliphatic heterocycles. The van der Waals surface area contributed by atoms with Crippen molar-refractivity contribution in [3.8, 4) is 0 Å².